The summed E-state index contributed by atoms with van der Waals surface area (Å²) in [5.41, 5.74) is 14.2. The van der Waals surface area contributed by atoms with Gasteiger partial charge >= 0.3 is 0 Å². The molecule has 0 saturated carbocycles. The van der Waals surface area contributed by atoms with E-state index in [9.17, 15) is 0 Å². The topological polar surface area (TPSA) is 35.6 Å². The van der Waals surface area contributed by atoms with E-state index in [0.717, 1.165) is 50.5 Å². The second kappa shape index (κ2) is 14.5. The molecule has 4 nitrogen and oxygen atoms in total. The molecule has 13 aromatic rings. The molecule has 0 aliphatic carbocycles. The molecule has 0 saturated heterocycles. The fourth-order valence-corrected chi connectivity index (χ4v) is 9.95. The third kappa shape index (κ3) is 5.77. The molecule has 10 aromatic carbocycles. The Hall–Kier alpha value is -8.60. The van der Waals surface area contributed by atoms with Crippen LogP contribution in [0, 0.1) is 0 Å². The van der Waals surface area contributed by atoms with Crippen molar-refractivity contribution in [2.24, 2.45) is 0 Å². The van der Waals surface area contributed by atoms with E-state index < -0.39 is 0 Å². The van der Waals surface area contributed by atoms with Crippen LogP contribution in [0.15, 0.2) is 231 Å². The lowest BCUT2D eigenvalue weighted by molar-refractivity contribution is 1.16. The first-order valence-corrected chi connectivity index (χ1v) is 21.8. The van der Waals surface area contributed by atoms with Crippen LogP contribution in [-0.4, -0.2) is 19.1 Å². The molecule has 64 heavy (non-hydrogen) atoms. The minimum absolute atomic E-state index is 0.690. The molecule has 298 valence electrons. The number of nitrogens with zero attached hydrogens (tertiary/aromatic N) is 4. The van der Waals surface area contributed by atoms with Crippen LogP contribution < -0.4 is 0 Å². The molecule has 0 bridgehead atoms. The van der Waals surface area contributed by atoms with Gasteiger partial charge in [-0.1, -0.05) is 158 Å². The van der Waals surface area contributed by atoms with Crippen molar-refractivity contribution in [2.75, 3.05) is 0 Å². The van der Waals surface area contributed by atoms with Gasteiger partial charge in [-0.3, -0.25) is 0 Å². The summed E-state index contributed by atoms with van der Waals surface area (Å²) in [6, 6.07) is 82.7. The van der Waals surface area contributed by atoms with Gasteiger partial charge in [-0.05, 0) is 105 Å². The number of aromatic nitrogens is 4. The summed E-state index contributed by atoms with van der Waals surface area (Å²) in [4.78, 5) is 10.6. The first-order chi connectivity index (χ1) is 31.7. The molecule has 0 spiro atoms. The Bertz CT molecular complexity index is 3840. The van der Waals surface area contributed by atoms with Crippen LogP contribution in [0.4, 0.5) is 0 Å². The zero-order valence-electron chi connectivity index (χ0n) is 34.7. The van der Waals surface area contributed by atoms with Gasteiger partial charge in [0.1, 0.15) is 0 Å². The van der Waals surface area contributed by atoms with Crippen LogP contribution in [0.5, 0.6) is 0 Å². The maximum Gasteiger partial charge on any atom is 0.160 e. The van der Waals surface area contributed by atoms with Gasteiger partial charge in [0.25, 0.3) is 0 Å². The third-order valence-electron chi connectivity index (χ3n) is 12.9. The molecular weight excluding hydrogens is 777 g/mol. The van der Waals surface area contributed by atoms with Gasteiger partial charge in [-0.15, -0.1) is 0 Å². The molecule has 3 aromatic heterocycles. The molecule has 0 atom stereocenters. The Morgan fingerprint density at radius 3 is 1.38 bits per heavy atom. The van der Waals surface area contributed by atoms with Gasteiger partial charge in [0.15, 0.2) is 5.82 Å². The monoisotopic (exact) mass is 814 g/mol. The van der Waals surface area contributed by atoms with Crippen molar-refractivity contribution in [1.29, 1.82) is 0 Å². The molecule has 4 heteroatoms. The summed E-state index contributed by atoms with van der Waals surface area (Å²) in [5.74, 6) is 0.690. The van der Waals surface area contributed by atoms with Gasteiger partial charge in [-0.2, -0.15) is 0 Å². The molecule has 0 aliphatic heterocycles. The molecular formula is C60H38N4. The zero-order chi connectivity index (χ0) is 42.1. The van der Waals surface area contributed by atoms with Crippen molar-refractivity contribution >= 4 is 65.2 Å². The van der Waals surface area contributed by atoms with Gasteiger partial charge in [-0.25, -0.2) is 9.97 Å². The van der Waals surface area contributed by atoms with Crippen molar-refractivity contribution in [2.45, 2.75) is 0 Å². The van der Waals surface area contributed by atoms with Crippen LogP contribution in [-0.2, 0) is 0 Å². The normalized spacial score (nSPS) is 11.8. The number of rotatable bonds is 6. The van der Waals surface area contributed by atoms with E-state index in [1.54, 1.807) is 0 Å². The van der Waals surface area contributed by atoms with E-state index in [2.05, 4.69) is 240 Å². The quantitative estimate of drug-likeness (QED) is 0.168. The van der Waals surface area contributed by atoms with Crippen LogP contribution >= 0.6 is 0 Å². The van der Waals surface area contributed by atoms with Crippen molar-refractivity contribution < 1.29 is 0 Å². The molecule has 3 heterocycles. The highest BCUT2D eigenvalue weighted by Gasteiger charge is 2.18. The predicted molar refractivity (Wildman–Crippen MR) is 267 cm³/mol. The molecule has 0 fully saturated rings. The summed E-state index contributed by atoms with van der Waals surface area (Å²) in [5, 5.41) is 9.63. The van der Waals surface area contributed by atoms with E-state index in [1.165, 1.54) is 65.3 Å². The van der Waals surface area contributed by atoms with Gasteiger partial charge in [0, 0.05) is 49.6 Å². The minimum Gasteiger partial charge on any atom is -0.309 e. The summed E-state index contributed by atoms with van der Waals surface area (Å²) >= 11 is 0. The Labute approximate surface area is 369 Å². The minimum atomic E-state index is 0.690. The third-order valence-corrected chi connectivity index (χ3v) is 12.9. The van der Waals surface area contributed by atoms with Crippen LogP contribution in [0.25, 0.3) is 122 Å². The Morgan fingerprint density at radius 1 is 0.266 bits per heavy atom. The maximum absolute atomic E-state index is 5.29. The van der Waals surface area contributed by atoms with Gasteiger partial charge < -0.3 is 9.13 Å². The first-order valence-electron chi connectivity index (χ1n) is 21.8. The van der Waals surface area contributed by atoms with Crippen molar-refractivity contribution in [3.8, 4) is 56.4 Å². The maximum atomic E-state index is 5.29. The second-order valence-corrected chi connectivity index (χ2v) is 16.6. The fourth-order valence-electron chi connectivity index (χ4n) is 9.95. The molecule has 0 unspecified atom stereocenters. The average Bonchev–Trinajstić information content (AvgIpc) is 3.88. The number of benzene rings is 10. The summed E-state index contributed by atoms with van der Waals surface area (Å²) in [7, 11) is 0. The van der Waals surface area contributed by atoms with Crippen LogP contribution in [0.1, 0.15) is 0 Å². The lowest BCUT2D eigenvalue weighted by Crippen LogP contribution is -1.98. The molecule has 0 radical (unpaired) electrons. The van der Waals surface area contributed by atoms with Crippen molar-refractivity contribution in [3.05, 3.63) is 231 Å². The zero-order valence-corrected chi connectivity index (χ0v) is 34.7. The van der Waals surface area contributed by atoms with E-state index in [4.69, 9.17) is 9.97 Å². The lowest BCUT2D eigenvalue weighted by Gasteiger charge is -2.13. The van der Waals surface area contributed by atoms with E-state index in [1.807, 2.05) is 0 Å². The fraction of sp³-hybridized carbons (Fsp3) is 0. The van der Waals surface area contributed by atoms with Crippen LogP contribution in [0.3, 0.4) is 0 Å². The molecule has 0 aliphatic rings. The average molecular weight is 815 g/mol. The molecule has 13 rings (SSSR count). The largest absolute Gasteiger partial charge is 0.309 e. The van der Waals surface area contributed by atoms with Crippen molar-refractivity contribution in [1.82, 2.24) is 19.1 Å². The van der Waals surface area contributed by atoms with E-state index >= 15 is 0 Å². The summed E-state index contributed by atoms with van der Waals surface area (Å²) < 4.78 is 4.77. The smallest absolute Gasteiger partial charge is 0.160 e. The standard InChI is InChI=1S/C60H38N4/c1-2-18-44(19-3-1)64-56-26-10-8-22-50(56)52-34-30-43(37-59(52)64)42-31-35-58-53(36-42)51-23-9-11-27-57(51)63(58)45-32-28-41(29-33-45)60-61-54(48-24-12-16-39-14-4-6-20-46(39)48)38-55(62-60)49-25-13-17-40-15-5-7-21-47(40)49/h1-38H. The highest BCUT2D eigenvalue weighted by molar-refractivity contribution is 6.12. The Kier molecular flexibility index (Phi) is 8.18. The number of para-hydroxylation sites is 3. The highest BCUT2D eigenvalue weighted by atomic mass is 15.0. The number of fused-ring (bicyclic) bond motifs is 8. The van der Waals surface area contributed by atoms with E-state index in [0.29, 0.717) is 5.82 Å². The number of hydrogen-bond donors (Lipinski definition) is 0. The van der Waals surface area contributed by atoms with E-state index in [-0.39, 0.29) is 0 Å². The SMILES string of the molecule is c1ccc(-n2c3ccccc3c3ccc(-c4ccc5c(c4)c4ccccc4n5-c4ccc(-c5nc(-c6cccc7ccccc67)cc(-c6cccc7ccccc67)n5)cc4)cc32)cc1. The van der Waals surface area contributed by atoms with Crippen molar-refractivity contribution in [3.63, 3.8) is 0 Å². The highest BCUT2D eigenvalue weighted by Crippen LogP contribution is 2.39. The molecule has 0 amide bonds. The summed E-state index contributed by atoms with van der Waals surface area (Å²) in [6.07, 6.45) is 0. The Morgan fingerprint density at radius 2 is 0.719 bits per heavy atom. The molecule has 0 N–H and O–H groups in total. The second-order valence-electron chi connectivity index (χ2n) is 16.6. The van der Waals surface area contributed by atoms with Gasteiger partial charge in [0.05, 0.1) is 33.5 Å². The summed E-state index contributed by atoms with van der Waals surface area (Å²) in [6.45, 7) is 0. The van der Waals surface area contributed by atoms with Gasteiger partial charge in [0.2, 0.25) is 0 Å². The number of hydrogen-bond acceptors (Lipinski definition) is 2. The Balaban J connectivity index is 0.932. The first kappa shape index (κ1) is 36.1. The van der Waals surface area contributed by atoms with Crippen LogP contribution in [0.2, 0.25) is 0 Å². The lowest BCUT2D eigenvalue weighted by atomic mass is 9.98. The predicted octanol–water partition coefficient (Wildman–Crippen LogP) is 15.6.